The maximum absolute atomic E-state index is 13.5. The van der Waals surface area contributed by atoms with Gasteiger partial charge >= 0.3 is 19.9 Å². The Morgan fingerprint density at radius 1 is 1.02 bits per heavy atom. The molecule has 2 aliphatic rings. The molecule has 3 unspecified atom stereocenters. The molecule has 0 saturated carbocycles. The van der Waals surface area contributed by atoms with E-state index in [2.05, 4.69) is 13.2 Å². The Labute approximate surface area is 296 Å². The van der Waals surface area contributed by atoms with Crippen LogP contribution >= 0.6 is 7.82 Å². The van der Waals surface area contributed by atoms with E-state index in [0.29, 0.717) is 19.3 Å². The largest absolute Gasteiger partial charge is 0.475 e. The Morgan fingerprint density at radius 2 is 1.60 bits per heavy atom. The fraction of sp³-hybridized carbons (Fsp3) is 0.556. The lowest BCUT2D eigenvalue weighted by Gasteiger charge is -2.28. The van der Waals surface area contributed by atoms with Crippen LogP contribution in [-0.2, 0) is 37.1 Å². The average Bonchev–Trinajstić information content (AvgIpc) is 3.35. The molecule has 0 bridgehead atoms. The van der Waals surface area contributed by atoms with Crippen molar-refractivity contribution in [2.45, 2.75) is 104 Å². The summed E-state index contributed by atoms with van der Waals surface area (Å²) >= 11 is 0. The van der Waals surface area contributed by atoms with Crippen LogP contribution in [0, 0.1) is 0 Å². The van der Waals surface area contributed by atoms with Gasteiger partial charge in [0.05, 0.1) is 44.3 Å². The molecular weight excluding hydrogens is 669 g/mol. The van der Waals surface area contributed by atoms with Crippen molar-refractivity contribution in [2.75, 3.05) is 31.3 Å². The number of benzene rings is 1. The van der Waals surface area contributed by atoms with E-state index in [1.54, 1.807) is 39.8 Å². The van der Waals surface area contributed by atoms with Crippen molar-refractivity contribution < 1.29 is 56.8 Å². The highest BCUT2D eigenvalue weighted by molar-refractivity contribution is 7.48. The molecule has 0 spiro atoms. The SMILES string of the molecule is C=CCOP(=O)(OCC=C)OCCN(C(=O)OC(C)(C)C)c1cc2c(c(OO)c1)C(=O)OC(C)C/C=C\CC1OC(C)(C)OC1C/C=C/2.CC. The molecule has 13 nitrogen and oxygen atoms in total. The van der Waals surface area contributed by atoms with Gasteiger partial charge in [-0.2, -0.15) is 0 Å². The molecule has 1 aromatic rings. The summed E-state index contributed by atoms with van der Waals surface area (Å²) in [7, 11) is -4.06. The first-order valence-corrected chi connectivity index (χ1v) is 18.2. The molecule has 1 amide bonds. The average molecular weight is 724 g/mol. The summed E-state index contributed by atoms with van der Waals surface area (Å²) in [4.78, 5) is 32.9. The van der Waals surface area contributed by atoms with Crippen LogP contribution in [0.15, 0.2) is 55.7 Å². The third kappa shape index (κ3) is 13.4. The number of hydrogen-bond acceptors (Lipinski definition) is 12. The van der Waals surface area contributed by atoms with E-state index in [1.165, 1.54) is 23.1 Å². The molecular formula is C36H54NO12P. The number of esters is 1. The lowest BCUT2D eigenvalue weighted by atomic mass is 10.0. The van der Waals surface area contributed by atoms with E-state index in [4.69, 9.17) is 37.4 Å². The second kappa shape index (κ2) is 19.9. The molecule has 50 heavy (non-hydrogen) atoms. The number of phosphoric acid groups is 1. The summed E-state index contributed by atoms with van der Waals surface area (Å²) in [6.45, 7) is 20.9. The van der Waals surface area contributed by atoms with Crippen molar-refractivity contribution in [3.05, 3.63) is 66.8 Å². The van der Waals surface area contributed by atoms with Crippen molar-refractivity contribution >= 4 is 31.6 Å². The van der Waals surface area contributed by atoms with Crippen molar-refractivity contribution in [2.24, 2.45) is 0 Å². The highest BCUT2D eigenvalue weighted by Gasteiger charge is 2.40. The van der Waals surface area contributed by atoms with Gasteiger partial charge in [0.15, 0.2) is 11.5 Å². The van der Waals surface area contributed by atoms with E-state index in [9.17, 15) is 19.4 Å². The first-order chi connectivity index (χ1) is 23.6. The number of amides is 1. The predicted octanol–water partition coefficient (Wildman–Crippen LogP) is 8.65. The summed E-state index contributed by atoms with van der Waals surface area (Å²) in [6, 6.07) is 2.84. The van der Waals surface area contributed by atoms with Crippen molar-refractivity contribution in [1.82, 2.24) is 0 Å². The Hall–Kier alpha value is -3.29. The molecule has 0 radical (unpaired) electrons. The number of nitrogens with zero attached hydrogens (tertiary/aromatic N) is 1. The van der Waals surface area contributed by atoms with Crippen LogP contribution in [-0.4, -0.2) is 73.4 Å². The molecule has 3 atom stereocenters. The fourth-order valence-electron chi connectivity index (χ4n) is 4.93. The number of ether oxygens (including phenoxy) is 4. The minimum atomic E-state index is -4.06. The lowest BCUT2D eigenvalue weighted by molar-refractivity contribution is -0.145. The maximum atomic E-state index is 13.5. The van der Waals surface area contributed by atoms with Gasteiger partial charge in [0.1, 0.15) is 17.3 Å². The number of carbonyl (C=O) groups excluding carboxylic acids is 2. The summed E-state index contributed by atoms with van der Waals surface area (Å²) in [5, 5.41) is 9.98. The highest BCUT2D eigenvalue weighted by Crippen LogP contribution is 2.49. The van der Waals surface area contributed by atoms with Crippen molar-refractivity contribution in [1.29, 1.82) is 0 Å². The monoisotopic (exact) mass is 723 g/mol. The van der Waals surface area contributed by atoms with Crippen LogP contribution in [0.25, 0.3) is 6.08 Å². The van der Waals surface area contributed by atoms with Crippen LogP contribution in [0.1, 0.15) is 90.6 Å². The van der Waals surface area contributed by atoms with Crippen molar-refractivity contribution in [3.63, 3.8) is 0 Å². The van der Waals surface area contributed by atoms with Crippen molar-refractivity contribution in [3.8, 4) is 5.75 Å². The normalized spacial score (nSPS) is 21.9. The summed E-state index contributed by atoms with van der Waals surface area (Å²) < 4.78 is 52.7. The second-order valence-electron chi connectivity index (χ2n) is 12.6. The molecule has 2 heterocycles. The second-order valence-corrected chi connectivity index (χ2v) is 14.3. The number of fused-ring (bicyclic) bond motifs is 2. The van der Waals surface area contributed by atoms with Crippen LogP contribution < -0.4 is 9.79 Å². The molecule has 1 N–H and O–H groups in total. The zero-order chi connectivity index (χ0) is 37.5. The van der Waals surface area contributed by atoms with Gasteiger partial charge in [-0.05, 0) is 66.0 Å². The number of carbonyl (C=O) groups is 2. The van der Waals surface area contributed by atoms with Gasteiger partial charge in [0, 0.05) is 12.5 Å². The standard InChI is InChI=1S/C34H48NO12P.C2H6/c1-9-19-40-48(39,41-20-10-2)42-21-18-35(32(37)46-33(4,5)6)26-22-25-15-13-17-28-27(44-34(7,8)45-28)16-12-11-14-24(3)43-31(36)30(25)29(23-26)47-38;1-2/h9-13,15,22-24,27-28,38H,1-2,14,16-21H2,3-8H3;1-2H3/b12-11-,15-13+;. The zero-order valence-corrected chi connectivity index (χ0v) is 31.4. The summed E-state index contributed by atoms with van der Waals surface area (Å²) in [6.07, 6.45) is 9.85. The number of phosphoric ester groups is 1. The van der Waals surface area contributed by atoms with Gasteiger partial charge in [0.2, 0.25) is 0 Å². The predicted molar refractivity (Wildman–Crippen MR) is 191 cm³/mol. The molecule has 0 aliphatic carbocycles. The summed E-state index contributed by atoms with van der Waals surface area (Å²) in [5.41, 5.74) is -0.512. The molecule has 1 aromatic carbocycles. The maximum Gasteiger partial charge on any atom is 0.475 e. The molecule has 1 fully saturated rings. The Morgan fingerprint density at radius 3 is 2.16 bits per heavy atom. The van der Waals surface area contributed by atoms with E-state index in [1.807, 2.05) is 45.9 Å². The number of hydrogen-bond donors (Lipinski definition) is 1. The summed E-state index contributed by atoms with van der Waals surface area (Å²) in [5.74, 6) is -1.78. The Balaban J connectivity index is 0.00000425. The molecule has 1 saturated heterocycles. The topological polar surface area (TPSA) is 149 Å². The van der Waals surface area contributed by atoms with Gasteiger partial charge in [-0.25, -0.2) is 19.4 Å². The third-order valence-electron chi connectivity index (χ3n) is 6.87. The number of cyclic esters (lactones) is 1. The molecule has 14 heteroatoms. The minimum absolute atomic E-state index is 0.0635. The smallest absolute Gasteiger partial charge is 0.459 e. The fourth-order valence-corrected chi connectivity index (χ4v) is 6.04. The van der Waals surface area contributed by atoms with E-state index in [0.717, 1.165) is 0 Å². The molecule has 280 valence electrons. The van der Waals surface area contributed by atoms with Crippen LogP contribution in [0.3, 0.4) is 0 Å². The highest BCUT2D eigenvalue weighted by atomic mass is 31.2. The molecule has 0 aromatic heterocycles. The number of rotatable bonds is 12. The third-order valence-corrected chi connectivity index (χ3v) is 8.30. The molecule has 3 rings (SSSR count). The van der Waals surface area contributed by atoms with Gasteiger partial charge in [-0.1, -0.05) is 50.3 Å². The van der Waals surface area contributed by atoms with Gasteiger partial charge in [0.25, 0.3) is 0 Å². The van der Waals surface area contributed by atoms with Gasteiger partial charge in [-0.3, -0.25) is 18.5 Å². The van der Waals surface area contributed by atoms with Crippen LogP contribution in [0.4, 0.5) is 10.5 Å². The number of anilines is 1. The lowest BCUT2D eigenvalue weighted by Crippen LogP contribution is -2.39. The van der Waals surface area contributed by atoms with E-state index < -0.39 is 37.4 Å². The van der Waals surface area contributed by atoms with E-state index in [-0.39, 0.29) is 61.1 Å². The first kappa shape index (κ1) is 42.9. The Bertz CT molecular complexity index is 1380. The minimum Gasteiger partial charge on any atom is -0.459 e. The van der Waals surface area contributed by atoms with Gasteiger partial charge in [-0.15, -0.1) is 13.2 Å². The quantitative estimate of drug-likeness (QED) is 0.0723. The Kier molecular flexibility index (Phi) is 17.1. The zero-order valence-electron chi connectivity index (χ0n) is 30.5. The first-order valence-electron chi connectivity index (χ1n) is 16.7. The van der Waals surface area contributed by atoms with Crippen LogP contribution in [0.2, 0.25) is 0 Å². The molecule has 2 aliphatic heterocycles. The van der Waals surface area contributed by atoms with Gasteiger partial charge < -0.3 is 23.8 Å². The van der Waals surface area contributed by atoms with Crippen LogP contribution in [0.5, 0.6) is 5.75 Å². The van der Waals surface area contributed by atoms with E-state index >= 15 is 0 Å².